The fourth-order valence-corrected chi connectivity index (χ4v) is 2.41. The van der Waals surface area contributed by atoms with Gasteiger partial charge in [0.15, 0.2) is 0 Å². The van der Waals surface area contributed by atoms with E-state index in [1.807, 2.05) is 24.1 Å². The third-order valence-electron chi connectivity index (χ3n) is 2.35. The molecule has 0 saturated carbocycles. The number of hydrogen-bond acceptors (Lipinski definition) is 4. The Morgan fingerprint density at radius 3 is 2.67 bits per heavy atom. The summed E-state index contributed by atoms with van der Waals surface area (Å²) >= 11 is 6.77. The van der Waals surface area contributed by atoms with Crippen molar-refractivity contribution in [2.45, 2.75) is 6.54 Å². The van der Waals surface area contributed by atoms with E-state index >= 15 is 0 Å². The van der Waals surface area contributed by atoms with Crippen molar-refractivity contribution in [2.75, 3.05) is 17.7 Å². The summed E-state index contributed by atoms with van der Waals surface area (Å²) in [7, 11) is 1.93. The predicted molar refractivity (Wildman–Crippen MR) is 80.4 cm³/mol. The Balaban J connectivity index is 2.19. The largest absolute Gasteiger partial charge is 0.383 e. The number of halogens is 2. The zero-order valence-corrected chi connectivity index (χ0v) is 12.9. The van der Waals surface area contributed by atoms with Gasteiger partial charge in [0.1, 0.15) is 10.4 Å². The third-order valence-corrected chi connectivity index (χ3v) is 3.25. The Morgan fingerprint density at radius 2 is 2.00 bits per heavy atom. The number of nitrogens with two attached hydrogens (primary N) is 1. The van der Waals surface area contributed by atoms with Gasteiger partial charge in [-0.3, -0.25) is 0 Å². The molecule has 0 amide bonds. The quantitative estimate of drug-likeness (QED) is 0.841. The summed E-state index contributed by atoms with van der Waals surface area (Å²) in [6.45, 7) is 0.718. The second-order valence-electron chi connectivity index (χ2n) is 3.90. The first kappa shape index (κ1) is 13.3. The minimum Gasteiger partial charge on any atom is -0.383 e. The summed E-state index contributed by atoms with van der Waals surface area (Å²) in [4.78, 5) is 10.4. The minimum absolute atomic E-state index is 0.452. The Morgan fingerprint density at radius 1 is 1.22 bits per heavy atom. The van der Waals surface area contributed by atoms with Crippen LogP contribution >= 0.6 is 31.9 Å². The van der Waals surface area contributed by atoms with Gasteiger partial charge in [-0.15, -0.1) is 0 Å². The van der Waals surface area contributed by atoms with E-state index in [0.717, 1.165) is 11.0 Å². The first-order chi connectivity index (χ1) is 8.54. The smallest absolute Gasteiger partial charge is 0.228 e. The fraction of sp³-hybridized carbons (Fsp3) is 0.167. The molecule has 94 valence electrons. The average Bonchev–Trinajstić information content (AvgIpc) is 2.27. The zero-order valence-electron chi connectivity index (χ0n) is 9.77. The van der Waals surface area contributed by atoms with Crippen LogP contribution in [0.25, 0.3) is 0 Å². The molecule has 1 heterocycles. The lowest BCUT2D eigenvalue weighted by Crippen LogP contribution is -2.19. The fourth-order valence-electron chi connectivity index (χ4n) is 1.57. The van der Waals surface area contributed by atoms with Crippen LogP contribution in [-0.2, 0) is 6.54 Å². The molecule has 18 heavy (non-hydrogen) atoms. The lowest BCUT2D eigenvalue weighted by Gasteiger charge is -2.17. The van der Waals surface area contributed by atoms with Crippen LogP contribution in [0.4, 0.5) is 11.8 Å². The number of aromatic nitrogens is 2. The second-order valence-corrected chi connectivity index (χ2v) is 5.63. The number of anilines is 2. The van der Waals surface area contributed by atoms with Crippen LogP contribution in [0.15, 0.2) is 39.4 Å². The summed E-state index contributed by atoms with van der Waals surface area (Å²) in [6, 6.07) is 9.80. The molecule has 0 saturated heterocycles. The van der Waals surface area contributed by atoms with Crippen molar-refractivity contribution in [3.63, 3.8) is 0 Å². The Bertz CT molecular complexity index is 539. The molecule has 0 aliphatic carbocycles. The molecule has 0 radical (unpaired) electrons. The normalized spacial score (nSPS) is 10.4. The molecule has 0 spiro atoms. The van der Waals surface area contributed by atoms with Gasteiger partial charge in [-0.05, 0) is 33.6 Å². The van der Waals surface area contributed by atoms with E-state index in [1.165, 1.54) is 5.56 Å². The van der Waals surface area contributed by atoms with Crippen molar-refractivity contribution in [3.8, 4) is 0 Å². The van der Waals surface area contributed by atoms with E-state index in [0.29, 0.717) is 16.4 Å². The molecular formula is C12H12Br2N4. The van der Waals surface area contributed by atoms with Crippen molar-refractivity contribution in [3.05, 3.63) is 45.0 Å². The molecule has 0 aliphatic rings. The maximum Gasteiger partial charge on any atom is 0.228 e. The molecule has 0 atom stereocenters. The molecule has 1 aromatic carbocycles. The molecule has 6 heteroatoms. The minimum atomic E-state index is 0.452. The second kappa shape index (κ2) is 5.67. The molecule has 0 unspecified atom stereocenters. The highest BCUT2D eigenvalue weighted by atomic mass is 79.9. The summed E-state index contributed by atoms with van der Waals surface area (Å²) in [5.41, 5.74) is 6.87. The maximum absolute atomic E-state index is 5.70. The van der Waals surface area contributed by atoms with Crippen molar-refractivity contribution in [2.24, 2.45) is 0 Å². The van der Waals surface area contributed by atoms with Gasteiger partial charge >= 0.3 is 0 Å². The number of nitrogen functional groups attached to an aromatic ring is 1. The van der Waals surface area contributed by atoms with Crippen molar-refractivity contribution >= 4 is 43.6 Å². The molecule has 1 aromatic heterocycles. The Labute approximate surface area is 122 Å². The average molecular weight is 372 g/mol. The molecule has 0 aliphatic heterocycles. The van der Waals surface area contributed by atoms with Gasteiger partial charge in [0.05, 0.1) is 0 Å². The van der Waals surface area contributed by atoms with Gasteiger partial charge in [0.2, 0.25) is 5.95 Å². The molecule has 2 aromatic rings. The van der Waals surface area contributed by atoms with Gasteiger partial charge in [0.25, 0.3) is 0 Å². The van der Waals surface area contributed by atoms with Crippen LogP contribution in [0, 0.1) is 0 Å². The summed E-state index contributed by atoms with van der Waals surface area (Å²) in [5.74, 6) is 1.05. The van der Waals surface area contributed by atoms with E-state index in [2.05, 4.69) is 54.0 Å². The van der Waals surface area contributed by atoms with Crippen LogP contribution in [0.1, 0.15) is 5.56 Å². The van der Waals surface area contributed by atoms with Crippen molar-refractivity contribution < 1.29 is 0 Å². The summed E-state index contributed by atoms with van der Waals surface area (Å²) in [5, 5.41) is 0. The zero-order chi connectivity index (χ0) is 13.1. The van der Waals surface area contributed by atoms with Crippen LogP contribution in [0.2, 0.25) is 0 Å². The van der Waals surface area contributed by atoms with Crippen molar-refractivity contribution in [1.82, 2.24) is 9.97 Å². The van der Waals surface area contributed by atoms with Gasteiger partial charge in [-0.1, -0.05) is 28.1 Å². The van der Waals surface area contributed by atoms with E-state index < -0.39 is 0 Å². The summed E-state index contributed by atoms with van der Waals surface area (Å²) < 4.78 is 1.74. The molecule has 0 bridgehead atoms. The maximum atomic E-state index is 5.70. The van der Waals surface area contributed by atoms with Crippen LogP contribution in [0.5, 0.6) is 0 Å². The standard InChI is InChI=1S/C12H12Br2N4/c1-18(7-8-3-2-4-9(13)5-8)12-16-10(14)6-11(15)17-12/h2-6H,7H2,1H3,(H2,15,16,17). The number of rotatable bonds is 3. The third kappa shape index (κ3) is 3.43. The number of hydrogen-bond donors (Lipinski definition) is 1. The molecule has 0 fully saturated rings. The lowest BCUT2D eigenvalue weighted by atomic mass is 10.2. The molecule has 2 rings (SSSR count). The van der Waals surface area contributed by atoms with Gasteiger partial charge < -0.3 is 10.6 Å². The molecule has 2 N–H and O–H groups in total. The van der Waals surface area contributed by atoms with Crippen LogP contribution < -0.4 is 10.6 Å². The van der Waals surface area contributed by atoms with Gasteiger partial charge in [-0.2, -0.15) is 4.98 Å². The highest BCUT2D eigenvalue weighted by Crippen LogP contribution is 2.18. The SMILES string of the molecule is CN(Cc1cccc(Br)c1)c1nc(N)cc(Br)n1. The molecular weight excluding hydrogens is 360 g/mol. The Hall–Kier alpha value is -1.14. The molecule has 4 nitrogen and oxygen atoms in total. The van der Waals surface area contributed by atoms with Gasteiger partial charge in [-0.25, -0.2) is 4.98 Å². The summed E-state index contributed by atoms with van der Waals surface area (Å²) in [6.07, 6.45) is 0. The van der Waals surface area contributed by atoms with E-state index in [4.69, 9.17) is 5.73 Å². The highest BCUT2D eigenvalue weighted by Gasteiger charge is 2.07. The monoisotopic (exact) mass is 370 g/mol. The first-order valence-electron chi connectivity index (χ1n) is 5.30. The van der Waals surface area contributed by atoms with E-state index in [1.54, 1.807) is 6.07 Å². The van der Waals surface area contributed by atoms with Crippen LogP contribution in [0.3, 0.4) is 0 Å². The number of nitrogens with zero attached hydrogens (tertiary/aromatic N) is 3. The first-order valence-corrected chi connectivity index (χ1v) is 6.89. The topological polar surface area (TPSA) is 55.0 Å². The van der Waals surface area contributed by atoms with Gasteiger partial charge in [0, 0.05) is 24.1 Å². The van der Waals surface area contributed by atoms with Crippen molar-refractivity contribution in [1.29, 1.82) is 0 Å². The van der Waals surface area contributed by atoms with E-state index in [-0.39, 0.29) is 0 Å². The lowest BCUT2D eigenvalue weighted by molar-refractivity contribution is 0.864. The predicted octanol–water partition coefficient (Wildman–Crippen LogP) is 3.22. The highest BCUT2D eigenvalue weighted by molar-refractivity contribution is 9.10. The number of benzene rings is 1. The van der Waals surface area contributed by atoms with Crippen LogP contribution in [-0.4, -0.2) is 17.0 Å². The Kier molecular flexibility index (Phi) is 4.19. The van der Waals surface area contributed by atoms with E-state index in [9.17, 15) is 0 Å².